The summed E-state index contributed by atoms with van der Waals surface area (Å²) in [5, 5.41) is 13.2. The Hall–Kier alpha value is -4.08. The van der Waals surface area contributed by atoms with Crippen LogP contribution in [0.2, 0.25) is 0 Å². The first-order valence-electron chi connectivity index (χ1n) is 11.9. The van der Waals surface area contributed by atoms with Gasteiger partial charge in [-0.05, 0) is 37.1 Å². The van der Waals surface area contributed by atoms with E-state index in [4.69, 9.17) is 9.72 Å². The highest BCUT2D eigenvalue weighted by Gasteiger charge is 2.24. The van der Waals surface area contributed by atoms with E-state index >= 15 is 0 Å². The van der Waals surface area contributed by atoms with E-state index in [2.05, 4.69) is 11.4 Å². The summed E-state index contributed by atoms with van der Waals surface area (Å²) >= 11 is 1.32. The molecule has 36 heavy (non-hydrogen) atoms. The zero-order valence-corrected chi connectivity index (χ0v) is 21.1. The average Bonchev–Trinajstić information content (AvgIpc) is 2.93. The van der Waals surface area contributed by atoms with Gasteiger partial charge in [-0.1, -0.05) is 91.5 Å². The van der Waals surface area contributed by atoms with E-state index in [1.165, 1.54) is 11.8 Å². The van der Waals surface area contributed by atoms with Gasteiger partial charge in [0.25, 0.3) is 0 Å². The number of thioether (sulfide) groups is 1. The van der Waals surface area contributed by atoms with Crippen molar-refractivity contribution in [3.05, 3.63) is 96.6 Å². The maximum absolute atomic E-state index is 13.3. The van der Waals surface area contributed by atoms with Gasteiger partial charge in [-0.3, -0.25) is 4.79 Å². The average molecular weight is 494 g/mol. The lowest BCUT2D eigenvalue weighted by Crippen LogP contribution is -2.25. The van der Waals surface area contributed by atoms with Crippen molar-refractivity contribution in [2.24, 2.45) is 0 Å². The summed E-state index contributed by atoms with van der Waals surface area (Å²) in [6, 6.07) is 31.4. The van der Waals surface area contributed by atoms with Crippen LogP contribution >= 0.6 is 11.8 Å². The van der Waals surface area contributed by atoms with Crippen molar-refractivity contribution in [1.82, 2.24) is 4.98 Å². The molecular formula is C30H27N3O2S. The molecule has 1 heterocycles. The molecule has 0 spiro atoms. The number of anilines is 1. The molecule has 4 rings (SSSR count). The van der Waals surface area contributed by atoms with Gasteiger partial charge in [0.2, 0.25) is 5.91 Å². The monoisotopic (exact) mass is 493 g/mol. The molecule has 4 aromatic rings. The van der Waals surface area contributed by atoms with Crippen LogP contribution < -0.4 is 10.1 Å². The number of rotatable bonds is 9. The molecule has 0 aliphatic rings. The van der Waals surface area contributed by atoms with Gasteiger partial charge in [0, 0.05) is 11.1 Å². The predicted molar refractivity (Wildman–Crippen MR) is 146 cm³/mol. The molecule has 0 saturated carbocycles. The number of ether oxygens (including phenoxy) is 1. The van der Waals surface area contributed by atoms with Gasteiger partial charge in [-0.15, -0.1) is 0 Å². The van der Waals surface area contributed by atoms with E-state index in [9.17, 15) is 10.1 Å². The lowest BCUT2D eigenvalue weighted by molar-refractivity contribution is -0.115. The van der Waals surface area contributed by atoms with Crippen LogP contribution in [-0.2, 0) is 4.79 Å². The third-order valence-electron chi connectivity index (χ3n) is 5.61. The third-order valence-corrected chi connectivity index (χ3v) is 6.96. The molecule has 5 nitrogen and oxygen atoms in total. The van der Waals surface area contributed by atoms with Gasteiger partial charge in [-0.2, -0.15) is 5.26 Å². The Labute approximate surface area is 216 Å². The number of benzene rings is 3. The minimum Gasteiger partial charge on any atom is -0.492 e. The summed E-state index contributed by atoms with van der Waals surface area (Å²) in [5.41, 5.74) is 4.52. The lowest BCUT2D eigenvalue weighted by Gasteiger charge is -2.18. The SMILES string of the molecule is CCOc1ccccc1NC(=O)C(CC)Sc1nc(-c2ccccc2)cc(-c2ccccc2)c1C#N. The molecule has 0 radical (unpaired) electrons. The maximum Gasteiger partial charge on any atom is 0.238 e. The second kappa shape index (κ2) is 12.1. The van der Waals surface area contributed by atoms with Crippen molar-refractivity contribution in [1.29, 1.82) is 5.26 Å². The number of carbonyl (C=O) groups is 1. The Morgan fingerprint density at radius 3 is 2.25 bits per heavy atom. The maximum atomic E-state index is 13.3. The highest BCUT2D eigenvalue weighted by Crippen LogP contribution is 2.37. The summed E-state index contributed by atoms with van der Waals surface area (Å²) in [5.74, 6) is 0.466. The fourth-order valence-corrected chi connectivity index (χ4v) is 4.87. The van der Waals surface area contributed by atoms with Crippen LogP contribution in [0.4, 0.5) is 5.69 Å². The Balaban J connectivity index is 1.72. The van der Waals surface area contributed by atoms with Crippen LogP contribution in [0.3, 0.4) is 0 Å². The largest absolute Gasteiger partial charge is 0.492 e. The van der Waals surface area contributed by atoms with Crippen LogP contribution in [0.5, 0.6) is 5.75 Å². The molecule has 0 saturated heterocycles. The molecular weight excluding hydrogens is 466 g/mol. The van der Waals surface area contributed by atoms with E-state index in [1.807, 2.05) is 105 Å². The van der Waals surface area contributed by atoms with Gasteiger partial charge >= 0.3 is 0 Å². The van der Waals surface area contributed by atoms with Gasteiger partial charge in [0.15, 0.2) is 0 Å². The summed E-state index contributed by atoms with van der Waals surface area (Å²) < 4.78 is 5.66. The first-order chi connectivity index (χ1) is 17.6. The van der Waals surface area contributed by atoms with Crippen molar-refractivity contribution in [2.45, 2.75) is 30.5 Å². The molecule has 1 amide bonds. The van der Waals surface area contributed by atoms with Gasteiger partial charge in [-0.25, -0.2) is 4.98 Å². The molecule has 0 fully saturated rings. The molecule has 1 aromatic heterocycles. The van der Waals surface area contributed by atoms with Gasteiger partial charge in [0.05, 0.1) is 28.8 Å². The van der Waals surface area contributed by atoms with E-state index in [1.54, 1.807) is 0 Å². The number of amides is 1. The molecule has 3 aromatic carbocycles. The molecule has 1 N–H and O–H groups in total. The van der Waals surface area contributed by atoms with E-state index < -0.39 is 5.25 Å². The molecule has 0 bridgehead atoms. The second-order valence-corrected chi connectivity index (χ2v) is 9.20. The fourth-order valence-electron chi connectivity index (χ4n) is 3.84. The Bertz CT molecular complexity index is 1370. The van der Waals surface area contributed by atoms with E-state index in [-0.39, 0.29) is 5.91 Å². The highest BCUT2D eigenvalue weighted by molar-refractivity contribution is 8.00. The Morgan fingerprint density at radius 1 is 0.972 bits per heavy atom. The fraction of sp³-hybridized carbons (Fsp3) is 0.167. The summed E-state index contributed by atoms with van der Waals surface area (Å²) in [7, 11) is 0. The van der Waals surface area contributed by atoms with Crippen LogP contribution in [0.15, 0.2) is 96.0 Å². The summed E-state index contributed by atoms with van der Waals surface area (Å²) in [4.78, 5) is 18.2. The first kappa shape index (κ1) is 25.0. The number of nitriles is 1. The Morgan fingerprint density at radius 2 is 1.61 bits per heavy atom. The number of nitrogens with zero attached hydrogens (tertiary/aromatic N) is 2. The van der Waals surface area contributed by atoms with Gasteiger partial charge < -0.3 is 10.1 Å². The highest BCUT2D eigenvalue weighted by atomic mass is 32.2. The molecule has 0 aliphatic carbocycles. The van der Waals surface area contributed by atoms with Crippen LogP contribution in [-0.4, -0.2) is 22.7 Å². The zero-order chi connectivity index (χ0) is 25.3. The normalized spacial score (nSPS) is 11.4. The van der Waals surface area contributed by atoms with E-state index in [0.29, 0.717) is 35.1 Å². The number of nitrogens with one attached hydrogen (secondary N) is 1. The number of hydrogen-bond acceptors (Lipinski definition) is 5. The number of aromatic nitrogens is 1. The van der Waals surface area contributed by atoms with Crippen LogP contribution in [0.25, 0.3) is 22.4 Å². The topological polar surface area (TPSA) is 75.0 Å². The van der Waals surface area contributed by atoms with Crippen molar-refractivity contribution in [3.8, 4) is 34.2 Å². The smallest absolute Gasteiger partial charge is 0.238 e. The van der Waals surface area contributed by atoms with Crippen molar-refractivity contribution < 1.29 is 9.53 Å². The van der Waals surface area contributed by atoms with Crippen molar-refractivity contribution in [2.75, 3.05) is 11.9 Å². The molecule has 6 heteroatoms. The summed E-state index contributed by atoms with van der Waals surface area (Å²) in [6.45, 7) is 4.36. The molecule has 0 aliphatic heterocycles. The minimum atomic E-state index is -0.450. The van der Waals surface area contributed by atoms with Crippen molar-refractivity contribution in [3.63, 3.8) is 0 Å². The van der Waals surface area contributed by atoms with E-state index in [0.717, 1.165) is 22.4 Å². The standard InChI is InChI=1S/C30H27N3O2S/c1-3-28(29(34)32-25-17-11-12-18-27(25)35-4-2)36-30-24(20-31)23(21-13-7-5-8-14-21)19-26(33-30)22-15-9-6-10-16-22/h5-19,28H,3-4H2,1-2H3,(H,32,34). The zero-order valence-electron chi connectivity index (χ0n) is 20.3. The quantitative estimate of drug-likeness (QED) is 0.250. The van der Waals surface area contributed by atoms with Crippen LogP contribution in [0, 0.1) is 11.3 Å². The third kappa shape index (κ3) is 5.76. The number of para-hydroxylation sites is 2. The Kier molecular flexibility index (Phi) is 8.38. The minimum absolute atomic E-state index is 0.160. The number of carbonyl (C=O) groups excluding carboxylic acids is 1. The molecule has 180 valence electrons. The molecule has 1 unspecified atom stereocenters. The number of pyridine rings is 1. The summed E-state index contributed by atoms with van der Waals surface area (Å²) in [6.07, 6.45) is 0.566. The predicted octanol–water partition coefficient (Wildman–Crippen LogP) is 7.20. The lowest BCUT2D eigenvalue weighted by atomic mass is 9.99. The first-order valence-corrected chi connectivity index (χ1v) is 12.8. The second-order valence-electron chi connectivity index (χ2n) is 8.01. The number of hydrogen-bond donors (Lipinski definition) is 1. The van der Waals surface area contributed by atoms with Crippen molar-refractivity contribution >= 4 is 23.4 Å². The molecule has 1 atom stereocenters. The van der Waals surface area contributed by atoms with Crippen LogP contribution in [0.1, 0.15) is 25.8 Å². The van der Waals surface area contributed by atoms with Gasteiger partial charge in [0.1, 0.15) is 16.8 Å².